The number of para-hydroxylation sites is 1. The number of oxazole rings is 1. The van der Waals surface area contributed by atoms with Crippen LogP contribution in [0.2, 0.25) is 0 Å². The fraction of sp³-hybridized carbons (Fsp3) is 0.0714. The molecule has 1 heterocycles. The molecule has 0 unspecified atom stereocenters. The number of hydrogen-bond donors (Lipinski definition) is 2. The SMILES string of the molecule is Cc1nc2ccc(Nc3c(N)cccc3F)cc2o1. The van der Waals surface area contributed by atoms with Crippen molar-refractivity contribution in [3.8, 4) is 0 Å². The molecule has 3 rings (SSSR count). The highest BCUT2D eigenvalue weighted by atomic mass is 19.1. The molecule has 0 aliphatic carbocycles. The van der Waals surface area contributed by atoms with Crippen LogP contribution in [0.3, 0.4) is 0 Å². The lowest BCUT2D eigenvalue weighted by molar-refractivity contribution is 0.561. The largest absolute Gasteiger partial charge is 0.441 e. The van der Waals surface area contributed by atoms with E-state index in [0.29, 0.717) is 22.8 Å². The minimum atomic E-state index is -0.395. The van der Waals surface area contributed by atoms with Crippen molar-refractivity contribution < 1.29 is 8.81 Å². The number of nitrogens with one attached hydrogen (secondary N) is 1. The van der Waals surface area contributed by atoms with Gasteiger partial charge >= 0.3 is 0 Å². The first-order valence-electron chi connectivity index (χ1n) is 5.82. The number of halogens is 1. The molecule has 5 heteroatoms. The van der Waals surface area contributed by atoms with Crippen molar-refractivity contribution in [1.29, 1.82) is 0 Å². The van der Waals surface area contributed by atoms with Gasteiger partial charge in [0.15, 0.2) is 11.5 Å². The summed E-state index contributed by atoms with van der Waals surface area (Å²) in [4.78, 5) is 4.20. The maximum atomic E-state index is 13.7. The van der Waals surface area contributed by atoms with Crippen LogP contribution in [0.1, 0.15) is 5.89 Å². The summed E-state index contributed by atoms with van der Waals surface area (Å²) in [5.41, 5.74) is 8.48. The van der Waals surface area contributed by atoms with Crippen LogP contribution >= 0.6 is 0 Å². The van der Waals surface area contributed by atoms with Crippen LogP contribution in [-0.2, 0) is 0 Å². The molecular formula is C14H12FN3O. The summed E-state index contributed by atoms with van der Waals surface area (Å²) in [5.74, 6) is 0.200. The number of nitrogens with zero attached hydrogens (tertiary/aromatic N) is 1. The molecule has 0 atom stereocenters. The van der Waals surface area contributed by atoms with Crippen LogP contribution in [0.4, 0.5) is 21.5 Å². The number of anilines is 3. The quantitative estimate of drug-likeness (QED) is 0.688. The van der Waals surface area contributed by atoms with E-state index in [-0.39, 0.29) is 5.69 Å². The van der Waals surface area contributed by atoms with Crippen LogP contribution in [-0.4, -0.2) is 4.98 Å². The molecule has 0 fully saturated rings. The summed E-state index contributed by atoms with van der Waals surface area (Å²) in [6.45, 7) is 1.78. The van der Waals surface area contributed by atoms with Gasteiger partial charge in [-0.2, -0.15) is 0 Å². The zero-order chi connectivity index (χ0) is 13.4. The Morgan fingerprint density at radius 1 is 1.26 bits per heavy atom. The van der Waals surface area contributed by atoms with Gasteiger partial charge in [-0.1, -0.05) is 6.07 Å². The first kappa shape index (κ1) is 11.5. The van der Waals surface area contributed by atoms with Crippen molar-refractivity contribution in [3.63, 3.8) is 0 Å². The van der Waals surface area contributed by atoms with E-state index in [2.05, 4.69) is 10.3 Å². The monoisotopic (exact) mass is 257 g/mol. The van der Waals surface area contributed by atoms with E-state index < -0.39 is 5.82 Å². The molecule has 2 aromatic carbocycles. The predicted molar refractivity (Wildman–Crippen MR) is 72.8 cm³/mol. The molecular weight excluding hydrogens is 245 g/mol. The molecule has 3 aromatic rings. The van der Waals surface area contributed by atoms with E-state index in [0.717, 1.165) is 5.52 Å². The van der Waals surface area contributed by atoms with Gasteiger partial charge in [-0.3, -0.25) is 0 Å². The van der Waals surface area contributed by atoms with Crippen LogP contribution in [0.25, 0.3) is 11.1 Å². The Morgan fingerprint density at radius 2 is 2.11 bits per heavy atom. The minimum absolute atomic E-state index is 0.262. The third kappa shape index (κ3) is 2.10. The molecule has 0 aliphatic rings. The second-order valence-corrected chi connectivity index (χ2v) is 4.24. The molecule has 0 saturated heterocycles. The molecule has 0 bridgehead atoms. The number of aryl methyl sites for hydroxylation is 1. The standard InChI is InChI=1S/C14H12FN3O/c1-8-17-12-6-5-9(7-13(12)19-8)18-14-10(15)3-2-4-11(14)16/h2-7,18H,16H2,1H3. The lowest BCUT2D eigenvalue weighted by Crippen LogP contribution is -1.98. The maximum absolute atomic E-state index is 13.7. The second kappa shape index (κ2) is 4.28. The van der Waals surface area contributed by atoms with Gasteiger partial charge in [-0.15, -0.1) is 0 Å². The average molecular weight is 257 g/mol. The zero-order valence-corrected chi connectivity index (χ0v) is 10.3. The maximum Gasteiger partial charge on any atom is 0.192 e. The lowest BCUT2D eigenvalue weighted by Gasteiger charge is -2.09. The Hall–Kier alpha value is -2.56. The number of rotatable bonds is 2. The molecule has 19 heavy (non-hydrogen) atoms. The third-order valence-electron chi connectivity index (χ3n) is 2.81. The summed E-state index contributed by atoms with van der Waals surface area (Å²) in [5, 5.41) is 2.95. The van der Waals surface area contributed by atoms with E-state index in [4.69, 9.17) is 10.2 Å². The van der Waals surface area contributed by atoms with E-state index in [1.54, 1.807) is 31.2 Å². The molecule has 0 saturated carbocycles. The first-order valence-corrected chi connectivity index (χ1v) is 5.82. The minimum Gasteiger partial charge on any atom is -0.441 e. The fourth-order valence-electron chi connectivity index (χ4n) is 1.93. The molecule has 0 spiro atoms. The normalized spacial score (nSPS) is 10.8. The van der Waals surface area contributed by atoms with Crippen LogP contribution < -0.4 is 11.1 Å². The van der Waals surface area contributed by atoms with Crippen molar-refractivity contribution in [2.24, 2.45) is 0 Å². The summed E-state index contributed by atoms with van der Waals surface area (Å²) in [6, 6.07) is 9.94. The Labute approximate surface area is 109 Å². The lowest BCUT2D eigenvalue weighted by atomic mass is 10.2. The molecule has 1 aromatic heterocycles. The Morgan fingerprint density at radius 3 is 2.89 bits per heavy atom. The van der Waals surface area contributed by atoms with Crippen molar-refractivity contribution in [2.75, 3.05) is 11.1 Å². The van der Waals surface area contributed by atoms with Gasteiger partial charge in [0.1, 0.15) is 11.3 Å². The number of hydrogen-bond acceptors (Lipinski definition) is 4. The number of nitrogen functional groups attached to an aromatic ring is 1. The van der Waals surface area contributed by atoms with Gasteiger partial charge in [-0.05, 0) is 24.3 Å². The van der Waals surface area contributed by atoms with E-state index >= 15 is 0 Å². The highest BCUT2D eigenvalue weighted by Crippen LogP contribution is 2.28. The van der Waals surface area contributed by atoms with Crippen molar-refractivity contribution in [2.45, 2.75) is 6.92 Å². The third-order valence-corrected chi connectivity index (χ3v) is 2.81. The topological polar surface area (TPSA) is 64.1 Å². The van der Waals surface area contributed by atoms with Crippen molar-refractivity contribution in [3.05, 3.63) is 48.1 Å². The molecule has 0 radical (unpaired) electrons. The Balaban J connectivity index is 2.01. The molecule has 0 amide bonds. The van der Waals surface area contributed by atoms with Crippen LogP contribution in [0.15, 0.2) is 40.8 Å². The average Bonchev–Trinajstić information content (AvgIpc) is 2.73. The number of nitrogens with two attached hydrogens (primary N) is 1. The smallest absolute Gasteiger partial charge is 0.192 e. The molecule has 0 aliphatic heterocycles. The number of fused-ring (bicyclic) bond motifs is 1. The molecule has 4 nitrogen and oxygen atoms in total. The fourth-order valence-corrected chi connectivity index (χ4v) is 1.93. The van der Waals surface area contributed by atoms with Gasteiger partial charge in [0.2, 0.25) is 0 Å². The van der Waals surface area contributed by atoms with Gasteiger partial charge in [0.05, 0.1) is 11.4 Å². The molecule has 3 N–H and O–H groups in total. The summed E-state index contributed by atoms with van der Waals surface area (Å²) in [6.07, 6.45) is 0. The highest BCUT2D eigenvalue weighted by molar-refractivity contribution is 5.81. The van der Waals surface area contributed by atoms with E-state index in [1.165, 1.54) is 6.07 Å². The number of benzene rings is 2. The van der Waals surface area contributed by atoms with Crippen molar-refractivity contribution in [1.82, 2.24) is 4.98 Å². The van der Waals surface area contributed by atoms with Gasteiger partial charge in [-0.25, -0.2) is 9.37 Å². The Kier molecular flexibility index (Phi) is 2.59. The summed E-state index contributed by atoms with van der Waals surface area (Å²) >= 11 is 0. The van der Waals surface area contributed by atoms with Crippen LogP contribution in [0.5, 0.6) is 0 Å². The van der Waals surface area contributed by atoms with Gasteiger partial charge in [0, 0.05) is 18.7 Å². The second-order valence-electron chi connectivity index (χ2n) is 4.24. The van der Waals surface area contributed by atoms with Gasteiger partial charge < -0.3 is 15.5 Å². The van der Waals surface area contributed by atoms with Gasteiger partial charge in [0.25, 0.3) is 0 Å². The Bertz CT molecular complexity index is 731. The molecule has 96 valence electrons. The van der Waals surface area contributed by atoms with E-state index in [9.17, 15) is 4.39 Å². The summed E-state index contributed by atoms with van der Waals surface area (Å²) in [7, 11) is 0. The first-order chi connectivity index (χ1) is 9.13. The predicted octanol–water partition coefficient (Wildman–Crippen LogP) is 3.60. The summed E-state index contributed by atoms with van der Waals surface area (Å²) < 4.78 is 19.1. The zero-order valence-electron chi connectivity index (χ0n) is 10.3. The number of aromatic nitrogens is 1. The highest BCUT2D eigenvalue weighted by Gasteiger charge is 2.08. The van der Waals surface area contributed by atoms with Crippen molar-refractivity contribution >= 4 is 28.2 Å². The van der Waals surface area contributed by atoms with E-state index in [1.807, 2.05) is 6.07 Å². The van der Waals surface area contributed by atoms with Crippen LogP contribution in [0, 0.1) is 12.7 Å².